The van der Waals surface area contributed by atoms with Gasteiger partial charge in [0.15, 0.2) is 0 Å². The lowest BCUT2D eigenvalue weighted by molar-refractivity contribution is 0.0949. The largest absolute Gasteiger partial charge is 0.496 e. The lowest BCUT2D eigenvalue weighted by Crippen LogP contribution is -2.24. The van der Waals surface area contributed by atoms with Crippen LogP contribution in [-0.2, 0) is 13.0 Å². The Morgan fingerprint density at radius 2 is 1.67 bits per heavy atom. The van der Waals surface area contributed by atoms with E-state index in [4.69, 9.17) is 14.2 Å². The van der Waals surface area contributed by atoms with Gasteiger partial charge in [0.2, 0.25) is 0 Å². The van der Waals surface area contributed by atoms with Crippen LogP contribution in [-0.4, -0.2) is 37.0 Å². The molecule has 30 heavy (non-hydrogen) atoms. The first-order valence-electron chi connectivity index (χ1n) is 9.73. The minimum absolute atomic E-state index is 0.204. The van der Waals surface area contributed by atoms with Crippen molar-refractivity contribution < 1.29 is 19.0 Å². The zero-order valence-electron chi connectivity index (χ0n) is 18.0. The minimum Gasteiger partial charge on any atom is -0.496 e. The maximum Gasteiger partial charge on any atom is 0.255 e. The van der Waals surface area contributed by atoms with Crippen molar-refractivity contribution in [3.05, 3.63) is 65.0 Å². The van der Waals surface area contributed by atoms with Gasteiger partial charge >= 0.3 is 0 Å². The highest BCUT2D eigenvalue weighted by Gasteiger charge is 2.19. The Morgan fingerprint density at radius 3 is 2.20 bits per heavy atom. The van der Waals surface area contributed by atoms with Crippen LogP contribution in [0.1, 0.15) is 34.1 Å². The molecule has 0 unspecified atom stereocenters. The van der Waals surface area contributed by atoms with E-state index in [1.165, 1.54) is 5.56 Å². The smallest absolute Gasteiger partial charge is 0.255 e. The highest BCUT2D eigenvalue weighted by molar-refractivity contribution is 5.95. The number of amides is 1. The van der Waals surface area contributed by atoms with E-state index in [9.17, 15) is 4.79 Å². The maximum atomic E-state index is 12.9. The summed E-state index contributed by atoms with van der Waals surface area (Å²) in [6.45, 7) is 4.29. The molecule has 7 nitrogen and oxygen atoms in total. The second kappa shape index (κ2) is 9.35. The summed E-state index contributed by atoms with van der Waals surface area (Å²) in [4.78, 5) is 12.9. The molecule has 1 N–H and O–H groups in total. The molecule has 1 heterocycles. The number of rotatable bonds is 8. The van der Waals surface area contributed by atoms with Gasteiger partial charge in [0.05, 0.1) is 56.6 Å². The third kappa shape index (κ3) is 4.25. The fraction of sp³-hybridized carbons (Fsp3) is 0.304. The maximum absolute atomic E-state index is 12.9. The van der Waals surface area contributed by atoms with Gasteiger partial charge in [0.1, 0.15) is 17.2 Å². The Hall–Kier alpha value is -3.48. The van der Waals surface area contributed by atoms with Crippen molar-refractivity contribution in [1.82, 2.24) is 15.1 Å². The highest BCUT2D eigenvalue weighted by Crippen LogP contribution is 2.34. The number of nitrogens with one attached hydrogen (secondary N) is 1. The Bertz CT molecular complexity index is 1000. The molecule has 3 aromatic rings. The van der Waals surface area contributed by atoms with Crippen LogP contribution >= 0.6 is 0 Å². The first kappa shape index (κ1) is 21.2. The number of aryl methyl sites for hydroxylation is 1. The number of hydrogen-bond acceptors (Lipinski definition) is 5. The van der Waals surface area contributed by atoms with Gasteiger partial charge in [-0.25, -0.2) is 4.68 Å². The van der Waals surface area contributed by atoms with Crippen molar-refractivity contribution in [3.63, 3.8) is 0 Å². The van der Waals surface area contributed by atoms with Crippen LogP contribution in [0, 0.1) is 6.92 Å². The second-order valence-corrected chi connectivity index (χ2v) is 6.80. The summed E-state index contributed by atoms with van der Waals surface area (Å²) < 4.78 is 18.0. The van der Waals surface area contributed by atoms with Crippen LogP contribution in [0.4, 0.5) is 0 Å². The molecule has 1 amide bonds. The number of methoxy groups -OCH3 is 3. The predicted molar refractivity (Wildman–Crippen MR) is 115 cm³/mol. The van der Waals surface area contributed by atoms with Gasteiger partial charge < -0.3 is 19.5 Å². The molecule has 0 aliphatic rings. The third-order valence-electron chi connectivity index (χ3n) is 4.97. The number of carbonyl (C=O) groups excluding carboxylic acids is 1. The lowest BCUT2D eigenvalue weighted by atomic mass is 10.1. The van der Waals surface area contributed by atoms with Crippen molar-refractivity contribution in [1.29, 1.82) is 0 Å². The van der Waals surface area contributed by atoms with Crippen molar-refractivity contribution in [2.24, 2.45) is 0 Å². The van der Waals surface area contributed by atoms with E-state index in [1.807, 2.05) is 42.8 Å². The zero-order chi connectivity index (χ0) is 21.7. The predicted octanol–water partition coefficient (Wildman–Crippen LogP) is 3.70. The SMILES string of the molecule is CCc1c(C(=O)NCc2c(OC)cc(OC)cc2OC)cnn1-c1ccc(C)cc1. The normalized spacial score (nSPS) is 10.6. The summed E-state index contributed by atoms with van der Waals surface area (Å²) in [6, 6.07) is 11.6. The molecule has 0 radical (unpaired) electrons. The Morgan fingerprint density at radius 1 is 1.03 bits per heavy atom. The first-order valence-corrected chi connectivity index (χ1v) is 9.73. The van der Waals surface area contributed by atoms with E-state index in [0.717, 1.165) is 16.9 Å². The average molecular weight is 409 g/mol. The Labute approximate surface area is 176 Å². The van der Waals surface area contributed by atoms with E-state index in [-0.39, 0.29) is 12.5 Å². The summed E-state index contributed by atoms with van der Waals surface area (Å²) in [6.07, 6.45) is 2.28. The Kier molecular flexibility index (Phi) is 6.61. The molecule has 0 saturated carbocycles. The summed E-state index contributed by atoms with van der Waals surface area (Å²) in [5.41, 5.74) is 4.23. The molecule has 0 aliphatic heterocycles. The van der Waals surface area contributed by atoms with E-state index in [2.05, 4.69) is 10.4 Å². The molecular formula is C23H27N3O4. The average Bonchev–Trinajstić information content (AvgIpc) is 3.21. The summed E-state index contributed by atoms with van der Waals surface area (Å²) >= 11 is 0. The first-order chi connectivity index (χ1) is 14.5. The molecule has 1 aromatic heterocycles. The highest BCUT2D eigenvalue weighted by atomic mass is 16.5. The van der Waals surface area contributed by atoms with Gasteiger partial charge in [0, 0.05) is 12.1 Å². The molecule has 3 rings (SSSR count). The van der Waals surface area contributed by atoms with Gasteiger partial charge in [-0.05, 0) is 25.5 Å². The van der Waals surface area contributed by atoms with Gasteiger partial charge in [-0.2, -0.15) is 5.10 Å². The van der Waals surface area contributed by atoms with Crippen LogP contribution in [0.15, 0.2) is 42.6 Å². The summed E-state index contributed by atoms with van der Waals surface area (Å²) in [5.74, 6) is 1.58. The standard InChI is InChI=1S/C23H27N3O4/c1-6-20-18(14-25-26(20)16-9-7-15(2)8-10-16)23(27)24-13-19-21(29-4)11-17(28-3)12-22(19)30-5/h7-12,14H,6,13H2,1-5H3,(H,24,27). The molecule has 0 fully saturated rings. The molecule has 158 valence electrons. The van der Waals surface area contributed by atoms with E-state index >= 15 is 0 Å². The molecule has 7 heteroatoms. The van der Waals surface area contributed by atoms with Gasteiger partial charge in [-0.15, -0.1) is 0 Å². The van der Waals surface area contributed by atoms with Crippen molar-refractivity contribution >= 4 is 5.91 Å². The number of nitrogens with zero attached hydrogens (tertiary/aromatic N) is 2. The topological polar surface area (TPSA) is 74.6 Å². The van der Waals surface area contributed by atoms with Crippen LogP contribution in [0.25, 0.3) is 5.69 Å². The third-order valence-corrected chi connectivity index (χ3v) is 4.97. The van der Waals surface area contributed by atoms with Crippen LogP contribution in [0.2, 0.25) is 0 Å². The van der Waals surface area contributed by atoms with E-state index in [1.54, 1.807) is 39.7 Å². The van der Waals surface area contributed by atoms with Crippen molar-refractivity contribution in [3.8, 4) is 22.9 Å². The van der Waals surface area contributed by atoms with E-state index in [0.29, 0.717) is 29.2 Å². The zero-order valence-corrected chi connectivity index (χ0v) is 18.0. The van der Waals surface area contributed by atoms with Crippen LogP contribution in [0.3, 0.4) is 0 Å². The monoisotopic (exact) mass is 409 g/mol. The Balaban J connectivity index is 1.85. The van der Waals surface area contributed by atoms with Gasteiger partial charge in [0.25, 0.3) is 5.91 Å². The van der Waals surface area contributed by atoms with Crippen LogP contribution in [0.5, 0.6) is 17.2 Å². The van der Waals surface area contributed by atoms with Crippen molar-refractivity contribution in [2.75, 3.05) is 21.3 Å². The minimum atomic E-state index is -0.204. The second-order valence-electron chi connectivity index (χ2n) is 6.80. The quantitative estimate of drug-likeness (QED) is 0.614. The summed E-state index contributed by atoms with van der Waals surface area (Å²) in [7, 11) is 4.72. The lowest BCUT2D eigenvalue weighted by Gasteiger charge is -2.15. The molecular weight excluding hydrogens is 382 g/mol. The fourth-order valence-electron chi connectivity index (χ4n) is 3.33. The van der Waals surface area contributed by atoms with Crippen LogP contribution < -0.4 is 19.5 Å². The number of ether oxygens (including phenoxy) is 3. The van der Waals surface area contributed by atoms with E-state index < -0.39 is 0 Å². The molecule has 0 bridgehead atoms. The van der Waals surface area contributed by atoms with Gasteiger partial charge in [-0.3, -0.25) is 4.79 Å². The molecule has 0 spiro atoms. The molecule has 0 aliphatic carbocycles. The molecule has 2 aromatic carbocycles. The summed E-state index contributed by atoms with van der Waals surface area (Å²) in [5, 5.41) is 7.40. The molecule has 0 atom stereocenters. The van der Waals surface area contributed by atoms with Crippen molar-refractivity contribution in [2.45, 2.75) is 26.8 Å². The number of benzene rings is 2. The fourth-order valence-corrected chi connectivity index (χ4v) is 3.33. The molecule has 0 saturated heterocycles. The number of hydrogen-bond donors (Lipinski definition) is 1. The number of aromatic nitrogens is 2. The van der Waals surface area contributed by atoms with Gasteiger partial charge in [-0.1, -0.05) is 24.6 Å². The number of carbonyl (C=O) groups is 1.